The number of para-hydroxylation sites is 3. The first-order valence-electron chi connectivity index (χ1n) is 45.4. The van der Waals surface area contributed by atoms with E-state index in [1.165, 1.54) is 75.1 Å². The van der Waals surface area contributed by atoms with Gasteiger partial charge in [-0.15, -0.1) is 22.7 Å². The maximum Gasteiger partial charge on any atom is 0.200 e. The second-order valence-corrected chi connectivity index (χ2v) is 45.7. The lowest BCUT2D eigenvalue weighted by Crippen LogP contribution is -2.14. The lowest BCUT2D eigenvalue weighted by atomic mass is 9.82. The molecule has 0 unspecified atom stereocenters. The zero-order valence-corrected chi connectivity index (χ0v) is 87.4. The molecule has 8 aromatic carbocycles. The van der Waals surface area contributed by atoms with Crippen LogP contribution in [0.5, 0.6) is 0 Å². The molecular weight excluding hydrogens is 1540 g/mol. The van der Waals surface area contributed by atoms with Crippen molar-refractivity contribution in [2.75, 3.05) is 0 Å². The molecule has 1 aliphatic rings. The van der Waals surface area contributed by atoms with E-state index in [4.69, 9.17) is 18.2 Å². The SMILES string of the molecule is CC.CC.CC.CC.CC(C)(C)c1ccc(C(C)(C)C)cc1.CC(C)(C)c1ccc2nc(C(C)(C)C)oc2c1.CC(C)(C)c1ccc2nc(C(C)(C)C)sc2c1.CC(C)(C)c1ccc2oc(C(C)(C)C)nc2c1.CC(C)(C)c1ccccc1.CC(C)(C)c1nc2ccccc2o1.CC(C)(C)c1nc2ccccc2s1.CC1=Cc2cc(C(C)(C)C)ccc2C1. The molecule has 10 heteroatoms. The molecule has 0 saturated carbocycles. The van der Waals surface area contributed by atoms with Crippen LogP contribution in [0.3, 0.4) is 0 Å². The van der Waals surface area contributed by atoms with E-state index in [0.29, 0.717) is 5.41 Å². The molecule has 0 spiro atoms. The van der Waals surface area contributed by atoms with Crippen molar-refractivity contribution in [1.29, 1.82) is 0 Å². The maximum absolute atomic E-state index is 5.86. The van der Waals surface area contributed by atoms with Gasteiger partial charge in [-0.3, -0.25) is 0 Å². The largest absolute Gasteiger partial charge is 0.440 e. The van der Waals surface area contributed by atoms with Crippen LogP contribution >= 0.6 is 22.7 Å². The van der Waals surface area contributed by atoms with Crippen molar-refractivity contribution in [3.63, 3.8) is 0 Å². The molecular formula is C113H167N5O3S2. The van der Waals surface area contributed by atoms with Gasteiger partial charge in [0.15, 0.2) is 16.7 Å². The highest BCUT2D eigenvalue weighted by molar-refractivity contribution is 7.19. The van der Waals surface area contributed by atoms with Crippen LogP contribution < -0.4 is 0 Å². The summed E-state index contributed by atoms with van der Waals surface area (Å²) < 4.78 is 19.9. The second-order valence-electron chi connectivity index (χ2n) is 43.6. The van der Waals surface area contributed by atoms with Crippen LogP contribution in [0.1, 0.15) is 389 Å². The van der Waals surface area contributed by atoms with Crippen LogP contribution in [0.4, 0.5) is 0 Å². The Morgan fingerprint density at radius 1 is 0.236 bits per heavy atom. The maximum atomic E-state index is 5.86. The number of hydrogen-bond acceptors (Lipinski definition) is 10. The molecule has 0 aliphatic heterocycles. The number of rotatable bonds is 0. The molecule has 0 amide bonds. The zero-order chi connectivity index (χ0) is 94.4. The predicted molar refractivity (Wildman–Crippen MR) is 548 cm³/mol. The topological polar surface area (TPSA) is 104 Å². The first-order chi connectivity index (χ1) is 56.5. The van der Waals surface area contributed by atoms with Crippen LogP contribution in [-0.2, 0) is 71.4 Å². The van der Waals surface area contributed by atoms with Crippen molar-refractivity contribution in [1.82, 2.24) is 24.9 Å². The molecule has 0 atom stereocenters. The highest BCUT2D eigenvalue weighted by Gasteiger charge is 2.28. The third kappa shape index (κ3) is 34.2. The van der Waals surface area contributed by atoms with Crippen molar-refractivity contribution >= 4 is 82.5 Å². The van der Waals surface area contributed by atoms with Gasteiger partial charge >= 0.3 is 0 Å². The Morgan fingerprint density at radius 3 is 0.935 bits per heavy atom. The molecule has 0 N–H and O–H groups in total. The lowest BCUT2D eigenvalue weighted by molar-refractivity contribution is 0.410. The minimum absolute atomic E-state index is 0.0149. The summed E-state index contributed by atoms with van der Waals surface area (Å²) in [4.78, 5) is 22.9. The summed E-state index contributed by atoms with van der Waals surface area (Å²) in [6.07, 6.45) is 3.45. The Balaban J connectivity index is 0.000000360. The molecule has 674 valence electrons. The highest BCUT2D eigenvalue weighted by atomic mass is 32.1. The van der Waals surface area contributed by atoms with Crippen LogP contribution in [0, 0.1) is 0 Å². The molecule has 8 nitrogen and oxygen atoms in total. The summed E-state index contributed by atoms with van der Waals surface area (Å²) >= 11 is 3.62. The summed E-state index contributed by atoms with van der Waals surface area (Å²) in [5, 5.41) is 2.44. The van der Waals surface area contributed by atoms with Gasteiger partial charge in [-0.05, 0) is 162 Å². The second kappa shape index (κ2) is 44.7. The first-order valence-corrected chi connectivity index (χ1v) is 47.0. The third-order valence-corrected chi connectivity index (χ3v) is 22.6. The lowest BCUT2D eigenvalue weighted by Gasteiger charge is -2.23. The standard InChI is InChI=1S/2C15H21NO.C15H21NS.C14H18.C14H22.C11H13NO.C11H13NS.C10H14.4C2H6/c1-14(2,3)10-7-8-12-11(9-10)16-13(17-12)15(4,5)6;2*1-14(2,3)10-7-8-11-12(9-10)17-13(16-11)15(4,5)6;1-10-7-11-5-6-13(14(2,3)4)9-12(11)8-10;1-13(2,3)11-7-9-12(10-8-11)14(4,5)6;2*1-11(2,3)10-12-8-6-4-5-7-9(8)13-10;1-10(2,3)9-7-5-4-6-8-9;4*1-2/h3*7-9H,1-6H3;5-6,8-9H,7H2,1-4H3;7-10H,1-6H3;2*4-7H,1-3H3;4-8H,1-3H3;4*1-2H3. The number of oxazole rings is 3. The van der Waals surface area contributed by atoms with Gasteiger partial charge in [-0.2, -0.15) is 0 Å². The summed E-state index contributed by atoms with van der Waals surface area (Å²) in [6.45, 7) is 97.4. The molecule has 5 aromatic heterocycles. The Bertz CT molecular complexity index is 4870. The molecule has 0 fully saturated rings. The summed E-state index contributed by atoms with van der Waals surface area (Å²) in [6, 6.07) is 61.8. The Morgan fingerprint density at radius 2 is 0.537 bits per heavy atom. The number of nitrogens with zero attached hydrogens (tertiary/aromatic N) is 5. The van der Waals surface area contributed by atoms with Gasteiger partial charge in [-0.25, -0.2) is 24.9 Å². The van der Waals surface area contributed by atoms with Crippen molar-refractivity contribution in [2.45, 2.75) is 383 Å². The molecule has 0 radical (unpaired) electrons. The summed E-state index contributed by atoms with van der Waals surface area (Å²) in [5.41, 5.74) is 23.5. The third-order valence-electron chi connectivity index (χ3n) is 19.7. The van der Waals surface area contributed by atoms with Gasteiger partial charge in [0, 0.05) is 27.1 Å². The van der Waals surface area contributed by atoms with Crippen molar-refractivity contribution in [2.24, 2.45) is 0 Å². The van der Waals surface area contributed by atoms with Crippen molar-refractivity contribution in [3.05, 3.63) is 259 Å². The first kappa shape index (κ1) is 109. The Kier molecular flexibility index (Phi) is 39.6. The molecule has 1 aliphatic carbocycles. The van der Waals surface area contributed by atoms with Crippen molar-refractivity contribution in [3.8, 4) is 0 Å². The fraction of sp³-hybridized carbons (Fsp3) is 0.513. The minimum atomic E-state index is -0.0408. The van der Waals surface area contributed by atoms with Gasteiger partial charge < -0.3 is 13.3 Å². The van der Waals surface area contributed by atoms with E-state index in [9.17, 15) is 0 Å². The van der Waals surface area contributed by atoms with Crippen LogP contribution in [0.2, 0.25) is 0 Å². The quantitative estimate of drug-likeness (QED) is 0.148. The average molecular weight is 1710 g/mol. The molecule has 5 heterocycles. The van der Waals surface area contributed by atoms with Gasteiger partial charge in [0.1, 0.15) is 16.6 Å². The van der Waals surface area contributed by atoms with E-state index < -0.39 is 0 Å². The Labute approximate surface area is 757 Å². The van der Waals surface area contributed by atoms with E-state index in [-0.39, 0.29) is 59.6 Å². The van der Waals surface area contributed by atoms with E-state index in [1.54, 1.807) is 11.3 Å². The summed E-state index contributed by atoms with van der Waals surface area (Å²) in [5.74, 6) is 2.41. The fourth-order valence-electron chi connectivity index (χ4n) is 11.9. The van der Waals surface area contributed by atoms with E-state index in [1.807, 2.05) is 103 Å². The van der Waals surface area contributed by atoms with Crippen LogP contribution in [0.15, 0.2) is 195 Å². The number of allylic oxidation sites excluding steroid dienone is 1. The normalized spacial score (nSPS) is 12.4. The number of hydrogen-bond donors (Lipinski definition) is 0. The van der Waals surface area contributed by atoms with Gasteiger partial charge in [-0.1, -0.05) is 432 Å². The van der Waals surface area contributed by atoms with Crippen molar-refractivity contribution < 1.29 is 13.3 Å². The molecule has 0 saturated heterocycles. The number of fused-ring (bicyclic) bond motifs is 6. The number of benzene rings is 8. The zero-order valence-electron chi connectivity index (χ0n) is 85.8. The fourth-order valence-corrected chi connectivity index (χ4v) is 14.0. The summed E-state index contributed by atoms with van der Waals surface area (Å²) in [7, 11) is 0. The molecule has 13 aromatic rings. The van der Waals surface area contributed by atoms with Crippen LogP contribution in [-0.4, -0.2) is 24.9 Å². The predicted octanol–water partition coefficient (Wildman–Crippen LogP) is 35.8. The van der Waals surface area contributed by atoms with E-state index in [0.717, 1.165) is 68.4 Å². The molecule has 123 heavy (non-hydrogen) atoms. The number of thiazole rings is 2. The highest BCUT2D eigenvalue weighted by Crippen LogP contribution is 2.38. The van der Waals surface area contributed by atoms with Gasteiger partial charge in [0.25, 0.3) is 0 Å². The number of aromatic nitrogens is 5. The molecule has 0 bridgehead atoms. The van der Waals surface area contributed by atoms with Crippen LogP contribution in [0.25, 0.3) is 59.8 Å². The average Bonchev–Trinajstić information content (AvgIpc) is 1.84. The monoisotopic (exact) mass is 1710 g/mol. The Hall–Kier alpha value is -8.31. The smallest absolute Gasteiger partial charge is 0.200 e. The minimum Gasteiger partial charge on any atom is -0.440 e. The van der Waals surface area contributed by atoms with E-state index in [2.05, 4.69) is 422 Å². The molecule has 14 rings (SSSR count). The van der Waals surface area contributed by atoms with Gasteiger partial charge in [0.2, 0.25) is 17.7 Å². The van der Waals surface area contributed by atoms with Gasteiger partial charge in [0.05, 0.1) is 30.4 Å². The van der Waals surface area contributed by atoms with E-state index >= 15 is 0 Å².